The van der Waals surface area contributed by atoms with Crippen LogP contribution in [0.1, 0.15) is 43.0 Å². The van der Waals surface area contributed by atoms with Crippen molar-refractivity contribution in [3.8, 4) is 0 Å². The van der Waals surface area contributed by atoms with Crippen LogP contribution in [0.3, 0.4) is 0 Å². The first-order valence-electron chi connectivity index (χ1n) is 8.50. The molecule has 3 rings (SSSR count). The summed E-state index contributed by atoms with van der Waals surface area (Å²) < 4.78 is 10.9. The first-order valence-corrected chi connectivity index (χ1v) is 8.50. The van der Waals surface area contributed by atoms with Gasteiger partial charge in [0.25, 0.3) is 0 Å². The van der Waals surface area contributed by atoms with Crippen molar-refractivity contribution >= 4 is 11.8 Å². The van der Waals surface area contributed by atoms with Gasteiger partial charge in [-0.25, -0.2) is 14.8 Å². The summed E-state index contributed by atoms with van der Waals surface area (Å²) in [7, 11) is 1.60. The Hall–Kier alpha value is -2.41. The van der Waals surface area contributed by atoms with E-state index < -0.39 is 0 Å². The van der Waals surface area contributed by atoms with E-state index in [4.69, 9.17) is 9.15 Å². The van der Waals surface area contributed by atoms with Gasteiger partial charge >= 0.3 is 6.03 Å². The highest BCUT2D eigenvalue weighted by molar-refractivity contribution is 5.88. The number of amides is 2. The third kappa shape index (κ3) is 4.17. The molecule has 2 amide bonds. The fraction of sp³-hybridized carbons (Fsp3) is 0.500. The maximum absolute atomic E-state index is 12.8. The molecule has 7 nitrogen and oxygen atoms in total. The molecule has 2 atom stereocenters. The summed E-state index contributed by atoms with van der Waals surface area (Å²) in [5, 5.41) is 2.87. The van der Waals surface area contributed by atoms with E-state index in [-0.39, 0.29) is 12.1 Å². The molecule has 25 heavy (non-hydrogen) atoms. The Kier molecular flexibility index (Phi) is 5.33. The standard InChI is InChI=1S/C18H24N4O3/c1-12-6-7-22(15(8-12)16-5-4-13(2)25-16)18(23)21-17-9-14(10-24-3)19-11-20-17/h4-5,9,11-12,15H,6-8,10H2,1-3H3,(H,19,20,21,23)/t12-,15+/m0/s1. The normalized spacial score (nSPS) is 20.5. The molecule has 1 aliphatic rings. The second kappa shape index (κ2) is 7.65. The van der Waals surface area contributed by atoms with E-state index >= 15 is 0 Å². The molecule has 0 aliphatic carbocycles. The Bertz CT molecular complexity index is 731. The molecule has 1 N–H and O–H groups in total. The number of carbonyl (C=O) groups is 1. The van der Waals surface area contributed by atoms with Crippen LogP contribution in [-0.4, -0.2) is 34.6 Å². The van der Waals surface area contributed by atoms with E-state index in [2.05, 4.69) is 22.2 Å². The van der Waals surface area contributed by atoms with Gasteiger partial charge in [-0.2, -0.15) is 0 Å². The lowest BCUT2D eigenvalue weighted by Crippen LogP contribution is -2.43. The van der Waals surface area contributed by atoms with Gasteiger partial charge in [-0.05, 0) is 37.8 Å². The number of furan rings is 1. The molecule has 3 heterocycles. The number of ether oxygens (including phenoxy) is 1. The van der Waals surface area contributed by atoms with Gasteiger partial charge in [0.15, 0.2) is 0 Å². The number of nitrogens with zero attached hydrogens (tertiary/aromatic N) is 3. The van der Waals surface area contributed by atoms with Crippen LogP contribution in [0.15, 0.2) is 28.9 Å². The first-order chi connectivity index (χ1) is 12.1. The molecule has 0 radical (unpaired) electrons. The van der Waals surface area contributed by atoms with Crippen molar-refractivity contribution in [2.75, 3.05) is 19.0 Å². The molecule has 7 heteroatoms. The predicted molar refractivity (Wildman–Crippen MR) is 93.1 cm³/mol. The van der Waals surface area contributed by atoms with E-state index in [1.165, 1.54) is 6.33 Å². The van der Waals surface area contributed by atoms with Crippen LogP contribution in [-0.2, 0) is 11.3 Å². The van der Waals surface area contributed by atoms with Gasteiger partial charge in [0.05, 0.1) is 18.3 Å². The molecule has 2 aromatic heterocycles. The minimum atomic E-state index is -0.173. The lowest BCUT2D eigenvalue weighted by molar-refractivity contribution is 0.128. The van der Waals surface area contributed by atoms with Crippen molar-refractivity contribution in [1.82, 2.24) is 14.9 Å². The summed E-state index contributed by atoms with van der Waals surface area (Å²) in [5.41, 5.74) is 0.721. The minimum Gasteiger partial charge on any atom is -0.464 e. The number of urea groups is 1. The van der Waals surface area contributed by atoms with Gasteiger partial charge in [-0.3, -0.25) is 5.32 Å². The average molecular weight is 344 g/mol. The van der Waals surface area contributed by atoms with Crippen molar-refractivity contribution < 1.29 is 13.9 Å². The lowest BCUT2D eigenvalue weighted by atomic mass is 9.91. The highest BCUT2D eigenvalue weighted by Crippen LogP contribution is 2.35. The van der Waals surface area contributed by atoms with E-state index in [9.17, 15) is 4.79 Å². The molecule has 0 bridgehead atoms. The highest BCUT2D eigenvalue weighted by atomic mass is 16.5. The van der Waals surface area contributed by atoms with Crippen LogP contribution in [0.25, 0.3) is 0 Å². The number of carbonyl (C=O) groups excluding carboxylic acids is 1. The van der Waals surface area contributed by atoms with Gasteiger partial charge in [0, 0.05) is 19.7 Å². The Balaban J connectivity index is 1.75. The molecule has 1 aliphatic heterocycles. The summed E-state index contributed by atoms with van der Waals surface area (Å²) in [4.78, 5) is 22.9. The monoisotopic (exact) mass is 344 g/mol. The molecule has 2 aromatic rings. The number of likely N-dealkylation sites (tertiary alicyclic amines) is 1. The number of rotatable bonds is 4. The fourth-order valence-corrected chi connectivity index (χ4v) is 3.16. The zero-order valence-electron chi connectivity index (χ0n) is 14.9. The zero-order chi connectivity index (χ0) is 17.8. The summed E-state index contributed by atoms with van der Waals surface area (Å²) in [6.45, 7) is 5.19. The van der Waals surface area contributed by atoms with Crippen LogP contribution in [0.2, 0.25) is 0 Å². The highest BCUT2D eigenvalue weighted by Gasteiger charge is 2.33. The SMILES string of the molecule is COCc1cc(NC(=O)N2CC[C@H](C)C[C@@H]2c2ccc(C)o2)ncn1. The molecule has 1 saturated heterocycles. The van der Waals surface area contributed by atoms with E-state index in [0.717, 1.165) is 30.1 Å². The molecule has 0 saturated carbocycles. The number of hydrogen-bond donors (Lipinski definition) is 1. The van der Waals surface area contributed by atoms with Crippen molar-refractivity contribution in [1.29, 1.82) is 0 Å². The maximum atomic E-state index is 12.8. The van der Waals surface area contributed by atoms with Gasteiger partial charge in [0.2, 0.25) is 0 Å². The number of nitrogens with one attached hydrogen (secondary N) is 1. The van der Waals surface area contributed by atoms with Crippen LogP contribution >= 0.6 is 0 Å². The number of piperidine rings is 1. The third-order valence-corrected chi connectivity index (χ3v) is 4.47. The van der Waals surface area contributed by atoms with E-state index in [0.29, 0.717) is 24.9 Å². The third-order valence-electron chi connectivity index (χ3n) is 4.47. The van der Waals surface area contributed by atoms with Crippen LogP contribution in [0, 0.1) is 12.8 Å². The second-order valence-electron chi connectivity index (χ2n) is 6.54. The molecule has 0 unspecified atom stereocenters. The van der Waals surface area contributed by atoms with Crippen LogP contribution in [0.4, 0.5) is 10.6 Å². The largest absolute Gasteiger partial charge is 0.464 e. The smallest absolute Gasteiger partial charge is 0.323 e. The maximum Gasteiger partial charge on any atom is 0.323 e. The molecular weight excluding hydrogens is 320 g/mol. The quantitative estimate of drug-likeness (QED) is 0.918. The Morgan fingerprint density at radius 3 is 3.00 bits per heavy atom. The topological polar surface area (TPSA) is 80.5 Å². The number of aryl methyl sites for hydroxylation is 1. The van der Waals surface area contributed by atoms with Gasteiger partial charge in [-0.15, -0.1) is 0 Å². The lowest BCUT2D eigenvalue weighted by Gasteiger charge is -2.37. The second-order valence-corrected chi connectivity index (χ2v) is 6.54. The Labute approximate surface area is 147 Å². The molecular formula is C18H24N4O3. The first kappa shape index (κ1) is 17.4. The minimum absolute atomic E-state index is 0.0577. The zero-order valence-corrected chi connectivity index (χ0v) is 14.9. The number of anilines is 1. The number of hydrogen-bond acceptors (Lipinski definition) is 5. The van der Waals surface area contributed by atoms with Crippen molar-refractivity contribution in [2.24, 2.45) is 5.92 Å². The summed E-state index contributed by atoms with van der Waals surface area (Å²) in [5.74, 6) is 2.71. The van der Waals surface area contributed by atoms with Crippen molar-refractivity contribution in [3.05, 3.63) is 41.7 Å². The Morgan fingerprint density at radius 2 is 2.28 bits per heavy atom. The van der Waals surface area contributed by atoms with Crippen molar-refractivity contribution in [2.45, 2.75) is 39.3 Å². The average Bonchev–Trinajstić information content (AvgIpc) is 3.02. The summed E-state index contributed by atoms with van der Waals surface area (Å²) in [6.07, 6.45) is 3.29. The van der Waals surface area contributed by atoms with Gasteiger partial charge in [-0.1, -0.05) is 6.92 Å². The molecule has 1 fully saturated rings. The van der Waals surface area contributed by atoms with Crippen LogP contribution < -0.4 is 5.32 Å². The van der Waals surface area contributed by atoms with E-state index in [1.54, 1.807) is 13.2 Å². The summed E-state index contributed by atoms with van der Waals surface area (Å²) in [6, 6.07) is 5.39. The number of methoxy groups -OCH3 is 1. The molecule has 134 valence electrons. The van der Waals surface area contributed by atoms with Gasteiger partial charge in [0.1, 0.15) is 23.7 Å². The predicted octanol–water partition coefficient (Wildman–Crippen LogP) is 3.53. The fourth-order valence-electron chi connectivity index (χ4n) is 3.16. The molecule has 0 spiro atoms. The molecule has 0 aromatic carbocycles. The van der Waals surface area contributed by atoms with Crippen LogP contribution in [0.5, 0.6) is 0 Å². The van der Waals surface area contributed by atoms with Gasteiger partial charge < -0.3 is 14.1 Å². The van der Waals surface area contributed by atoms with E-state index in [1.807, 2.05) is 24.0 Å². The Morgan fingerprint density at radius 1 is 1.44 bits per heavy atom. The van der Waals surface area contributed by atoms with Crippen molar-refractivity contribution in [3.63, 3.8) is 0 Å². The summed E-state index contributed by atoms with van der Waals surface area (Å²) >= 11 is 0. The number of aromatic nitrogens is 2.